The van der Waals surface area contributed by atoms with Gasteiger partial charge >= 0.3 is 0 Å². The van der Waals surface area contributed by atoms with Crippen LogP contribution in [-0.4, -0.2) is 34.7 Å². The first kappa shape index (κ1) is 11.5. The Hall–Kier alpha value is -1.01. The lowest BCUT2D eigenvalue weighted by atomic mass is 9.91. The largest absolute Gasteiger partial charge is 0.377 e. The number of amides is 1. The zero-order valence-electron chi connectivity index (χ0n) is 9.61. The van der Waals surface area contributed by atoms with Crippen molar-refractivity contribution in [2.24, 2.45) is 0 Å². The molecule has 88 valence electrons. The van der Waals surface area contributed by atoms with Crippen molar-refractivity contribution in [1.82, 2.24) is 14.9 Å². The van der Waals surface area contributed by atoms with E-state index in [1.807, 2.05) is 20.8 Å². The fraction of sp³-hybridized carbons (Fsp3) is 0.700. The standard InChI is InChI=1S/C10H15N3O2S/c1-10(2,3)8-7(16-13-12-8)9(14)11-6-4-15-5-6/h6H,4-5H2,1-3H3,(H,11,14). The summed E-state index contributed by atoms with van der Waals surface area (Å²) in [4.78, 5) is 12.6. The minimum Gasteiger partial charge on any atom is -0.377 e. The van der Waals surface area contributed by atoms with Crippen molar-refractivity contribution in [3.05, 3.63) is 10.6 Å². The van der Waals surface area contributed by atoms with Crippen molar-refractivity contribution < 1.29 is 9.53 Å². The molecular weight excluding hydrogens is 226 g/mol. The molecule has 1 fully saturated rings. The summed E-state index contributed by atoms with van der Waals surface area (Å²) < 4.78 is 8.87. The van der Waals surface area contributed by atoms with Crippen molar-refractivity contribution in [3.63, 3.8) is 0 Å². The zero-order chi connectivity index (χ0) is 11.8. The number of ether oxygens (including phenoxy) is 1. The average molecular weight is 241 g/mol. The predicted octanol–water partition coefficient (Wildman–Crippen LogP) is 0.964. The number of carbonyl (C=O) groups is 1. The Kier molecular flexibility index (Phi) is 2.94. The third-order valence-electron chi connectivity index (χ3n) is 2.38. The maximum Gasteiger partial charge on any atom is 0.265 e. The van der Waals surface area contributed by atoms with E-state index < -0.39 is 0 Å². The molecule has 1 aromatic heterocycles. The van der Waals surface area contributed by atoms with Gasteiger partial charge in [0.1, 0.15) is 4.88 Å². The van der Waals surface area contributed by atoms with Crippen molar-refractivity contribution in [2.45, 2.75) is 32.2 Å². The Morgan fingerprint density at radius 3 is 2.69 bits per heavy atom. The van der Waals surface area contributed by atoms with Gasteiger partial charge in [-0.05, 0) is 11.5 Å². The first-order chi connectivity index (χ1) is 7.48. The molecule has 16 heavy (non-hydrogen) atoms. The maximum absolute atomic E-state index is 11.9. The van der Waals surface area contributed by atoms with Gasteiger partial charge in [0.15, 0.2) is 0 Å². The van der Waals surface area contributed by atoms with Crippen LogP contribution in [0.1, 0.15) is 36.1 Å². The number of rotatable bonds is 2. The van der Waals surface area contributed by atoms with E-state index in [9.17, 15) is 4.79 Å². The molecule has 1 aliphatic heterocycles. The van der Waals surface area contributed by atoms with Gasteiger partial charge in [-0.3, -0.25) is 4.79 Å². The summed E-state index contributed by atoms with van der Waals surface area (Å²) in [5.41, 5.74) is 0.603. The highest BCUT2D eigenvalue weighted by Gasteiger charge is 2.28. The van der Waals surface area contributed by atoms with Crippen molar-refractivity contribution in [1.29, 1.82) is 0 Å². The third kappa shape index (κ3) is 2.22. The van der Waals surface area contributed by atoms with Gasteiger partial charge < -0.3 is 10.1 Å². The summed E-state index contributed by atoms with van der Waals surface area (Å²) in [6, 6.07) is 0.141. The second-order valence-electron chi connectivity index (χ2n) is 4.91. The molecule has 0 unspecified atom stereocenters. The Morgan fingerprint density at radius 2 is 2.19 bits per heavy atom. The molecule has 1 saturated heterocycles. The van der Waals surface area contributed by atoms with Gasteiger partial charge in [-0.1, -0.05) is 25.3 Å². The number of aromatic nitrogens is 2. The Morgan fingerprint density at radius 1 is 1.50 bits per heavy atom. The molecular formula is C10H15N3O2S. The number of hydrogen-bond acceptors (Lipinski definition) is 5. The molecule has 0 aliphatic carbocycles. The summed E-state index contributed by atoms with van der Waals surface area (Å²) in [5.74, 6) is -0.0896. The lowest BCUT2D eigenvalue weighted by Gasteiger charge is -2.27. The molecule has 0 spiro atoms. The molecule has 2 rings (SSSR count). The first-order valence-corrected chi connectivity index (χ1v) is 5.97. The average Bonchev–Trinajstić information content (AvgIpc) is 2.58. The van der Waals surface area contributed by atoms with E-state index in [0.29, 0.717) is 18.1 Å². The van der Waals surface area contributed by atoms with Crippen molar-refractivity contribution >= 4 is 17.4 Å². The highest BCUT2D eigenvalue weighted by molar-refractivity contribution is 7.08. The molecule has 1 amide bonds. The van der Waals surface area contributed by atoms with Gasteiger partial charge in [-0.15, -0.1) is 5.10 Å². The van der Waals surface area contributed by atoms with Crippen LogP contribution < -0.4 is 5.32 Å². The van der Waals surface area contributed by atoms with Crippen LogP contribution in [0.2, 0.25) is 0 Å². The lowest BCUT2D eigenvalue weighted by molar-refractivity contribution is -0.00342. The maximum atomic E-state index is 11.9. The van der Waals surface area contributed by atoms with E-state index in [-0.39, 0.29) is 17.4 Å². The van der Waals surface area contributed by atoms with E-state index in [1.165, 1.54) is 0 Å². The summed E-state index contributed by atoms with van der Waals surface area (Å²) >= 11 is 1.15. The number of nitrogens with zero attached hydrogens (tertiary/aromatic N) is 2. The van der Waals surface area contributed by atoms with Crippen LogP contribution >= 0.6 is 11.5 Å². The predicted molar refractivity (Wildman–Crippen MR) is 60.7 cm³/mol. The molecule has 0 radical (unpaired) electrons. The van der Waals surface area contributed by atoms with Crippen LogP contribution in [0.4, 0.5) is 0 Å². The Bertz CT molecular complexity index is 393. The zero-order valence-corrected chi connectivity index (χ0v) is 10.4. The highest BCUT2D eigenvalue weighted by Crippen LogP contribution is 2.25. The summed E-state index contributed by atoms with van der Waals surface area (Å²) in [7, 11) is 0. The third-order valence-corrected chi connectivity index (χ3v) is 3.10. The van der Waals surface area contributed by atoms with Crippen LogP contribution in [-0.2, 0) is 10.2 Å². The van der Waals surface area contributed by atoms with Crippen LogP contribution in [0, 0.1) is 0 Å². The van der Waals surface area contributed by atoms with Gasteiger partial charge in [0.05, 0.1) is 24.9 Å². The quantitative estimate of drug-likeness (QED) is 0.837. The van der Waals surface area contributed by atoms with Crippen LogP contribution in [0.25, 0.3) is 0 Å². The van der Waals surface area contributed by atoms with Crippen LogP contribution in [0.5, 0.6) is 0 Å². The molecule has 1 N–H and O–H groups in total. The highest BCUT2D eigenvalue weighted by atomic mass is 32.1. The van der Waals surface area contributed by atoms with Gasteiger partial charge in [0.2, 0.25) is 0 Å². The van der Waals surface area contributed by atoms with E-state index in [2.05, 4.69) is 14.9 Å². The fourth-order valence-electron chi connectivity index (χ4n) is 1.40. The van der Waals surface area contributed by atoms with E-state index >= 15 is 0 Å². The molecule has 0 atom stereocenters. The smallest absolute Gasteiger partial charge is 0.265 e. The van der Waals surface area contributed by atoms with Crippen molar-refractivity contribution in [2.75, 3.05) is 13.2 Å². The van der Waals surface area contributed by atoms with Gasteiger partial charge in [-0.25, -0.2) is 0 Å². The monoisotopic (exact) mass is 241 g/mol. The van der Waals surface area contributed by atoms with E-state index in [4.69, 9.17) is 4.74 Å². The fourth-order valence-corrected chi connectivity index (χ4v) is 2.18. The van der Waals surface area contributed by atoms with Crippen LogP contribution in [0.3, 0.4) is 0 Å². The summed E-state index contributed by atoms with van der Waals surface area (Å²) in [5, 5.41) is 6.93. The normalized spacial score (nSPS) is 16.9. The van der Waals surface area contributed by atoms with Gasteiger partial charge in [0.25, 0.3) is 5.91 Å². The molecule has 0 aromatic carbocycles. The lowest BCUT2D eigenvalue weighted by Crippen LogP contribution is -2.48. The molecule has 0 saturated carbocycles. The summed E-state index contributed by atoms with van der Waals surface area (Å²) in [6.45, 7) is 7.26. The van der Waals surface area contributed by atoms with E-state index in [1.54, 1.807) is 0 Å². The van der Waals surface area contributed by atoms with Crippen LogP contribution in [0.15, 0.2) is 0 Å². The molecule has 2 heterocycles. The van der Waals surface area contributed by atoms with Crippen molar-refractivity contribution in [3.8, 4) is 0 Å². The van der Waals surface area contributed by atoms with E-state index in [0.717, 1.165) is 17.2 Å². The summed E-state index contributed by atoms with van der Waals surface area (Å²) in [6.07, 6.45) is 0. The number of hydrogen-bond donors (Lipinski definition) is 1. The number of nitrogens with one attached hydrogen (secondary N) is 1. The molecule has 0 bridgehead atoms. The topological polar surface area (TPSA) is 64.1 Å². The minimum atomic E-state index is -0.157. The molecule has 6 heteroatoms. The second kappa shape index (κ2) is 4.10. The second-order valence-corrected chi connectivity index (χ2v) is 5.66. The number of carbonyl (C=O) groups excluding carboxylic acids is 1. The molecule has 1 aromatic rings. The Balaban J connectivity index is 2.13. The van der Waals surface area contributed by atoms with Gasteiger partial charge in [-0.2, -0.15) is 0 Å². The SMILES string of the molecule is CC(C)(C)c1nnsc1C(=O)NC1COC1. The van der Waals surface area contributed by atoms with Gasteiger partial charge in [0, 0.05) is 5.41 Å². The minimum absolute atomic E-state index is 0.0896. The molecule has 5 nitrogen and oxygen atoms in total. The molecule has 1 aliphatic rings. The first-order valence-electron chi connectivity index (χ1n) is 5.20. The Labute approximate surface area is 98.4 Å².